The SMILES string of the molecule is Cc1nc2ccccn2c1C(=O)NCC(C)(O)c1ccco1. The lowest BCUT2D eigenvalue weighted by molar-refractivity contribution is 0.0329. The van der Waals surface area contributed by atoms with Gasteiger partial charge in [-0.25, -0.2) is 4.98 Å². The summed E-state index contributed by atoms with van der Waals surface area (Å²) < 4.78 is 6.92. The van der Waals surface area contributed by atoms with Crippen molar-refractivity contribution in [3.8, 4) is 0 Å². The molecule has 0 saturated carbocycles. The van der Waals surface area contributed by atoms with Gasteiger partial charge in [0.05, 0.1) is 18.5 Å². The summed E-state index contributed by atoms with van der Waals surface area (Å²) in [7, 11) is 0. The zero-order valence-electron chi connectivity index (χ0n) is 12.4. The van der Waals surface area contributed by atoms with Gasteiger partial charge in [0.2, 0.25) is 0 Å². The molecule has 3 aromatic heterocycles. The highest BCUT2D eigenvalue weighted by Crippen LogP contribution is 2.20. The molecule has 6 heteroatoms. The number of nitrogens with one attached hydrogen (secondary N) is 1. The lowest BCUT2D eigenvalue weighted by Gasteiger charge is -2.21. The maximum absolute atomic E-state index is 12.4. The number of fused-ring (bicyclic) bond motifs is 1. The lowest BCUT2D eigenvalue weighted by Crippen LogP contribution is -2.39. The van der Waals surface area contributed by atoms with E-state index in [1.165, 1.54) is 6.26 Å². The quantitative estimate of drug-likeness (QED) is 0.771. The first kappa shape index (κ1) is 14.3. The fourth-order valence-corrected chi connectivity index (χ4v) is 2.40. The predicted molar refractivity (Wildman–Crippen MR) is 80.5 cm³/mol. The molecule has 0 aliphatic heterocycles. The molecule has 3 rings (SSSR count). The van der Waals surface area contributed by atoms with Crippen molar-refractivity contribution in [3.05, 3.63) is 59.9 Å². The Balaban J connectivity index is 1.81. The number of aromatic nitrogens is 2. The molecule has 0 aliphatic carbocycles. The monoisotopic (exact) mass is 299 g/mol. The number of amides is 1. The third kappa shape index (κ3) is 2.48. The second-order valence-electron chi connectivity index (χ2n) is 5.41. The van der Waals surface area contributed by atoms with Crippen LogP contribution in [-0.2, 0) is 5.60 Å². The number of aryl methyl sites for hydroxylation is 1. The molecule has 1 amide bonds. The Morgan fingerprint density at radius 2 is 2.23 bits per heavy atom. The third-order valence-corrected chi connectivity index (χ3v) is 3.56. The number of nitrogens with zero attached hydrogens (tertiary/aromatic N) is 2. The smallest absolute Gasteiger partial charge is 0.270 e. The van der Waals surface area contributed by atoms with E-state index in [9.17, 15) is 9.90 Å². The molecule has 0 spiro atoms. The van der Waals surface area contributed by atoms with Gasteiger partial charge in [-0.15, -0.1) is 0 Å². The van der Waals surface area contributed by atoms with Crippen molar-refractivity contribution in [3.63, 3.8) is 0 Å². The minimum absolute atomic E-state index is 0.0405. The van der Waals surface area contributed by atoms with Crippen molar-refractivity contribution in [2.45, 2.75) is 19.4 Å². The van der Waals surface area contributed by atoms with Crippen LogP contribution in [0, 0.1) is 6.92 Å². The number of imidazole rings is 1. The van der Waals surface area contributed by atoms with Crippen LogP contribution in [0.1, 0.15) is 28.9 Å². The number of furan rings is 1. The highest BCUT2D eigenvalue weighted by Gasteiger charge is 2.28. The van der Waals surface area contributed by atoms with Crippen LogP contribution in [0.15, 0.2) is 47.2 Å². The molecule has 3 heterocycles. The maximum atomic E-state index is 12.4. The Bertz CT molecular complexity index is 803. The zero-order valence-corrected chi connectivity index (χ0v) is 12.4. The van der Waals surface area contributed by atoms with Crippen LogP contribution >= 0.6 is 0 Å². The van der Waals surface area contributed by atoms with Crippen molar-refractivity contribution >= 4 is 11.6 Å². The van der Waals surface area contributed by atoms with Gasteiger partial charge in [0.15, 0.2) is 0 Å². The minimum atomic E-state index is -1.27. The number of hydrogen-bond donors (Lipinski definition) is 2. The van der Waals surface area contributed by atoms with Crippen molar-refractivity contribution in [2.24, 2.45) is 0 Å². The number of pyridine rings is 1. The first-order chi connectivity index (χ1) is 10.5. The van der Waals surface area contributed by atoms with Crippen molar-refractivity contribution < 1.29 is 14.3 Å². The highest BCUT2D eigenvalue weighted by atomic mass is 16.4. The van der Waals surface area contributed by atoms with Crippen LogP contribution in [-0.4, -0.2) is 26.9 Å². The predicted octanol–water partition coefficient (Wildman–Crippen LogP) is 1.87. The maximum Gasteiger partial charge on any atom is 0.270 e. The van der Waals surface area contributed by atoms with Crippen LogP contribution in [0.25, 0.3) is 5.65 Å². The van der Waals surface area contributed by atoms with Gasteiger partial charge in [-0.05, 0) is 38.1 Å². The van der Waals surface area contributed by atoms with E-state index < -0.39 is 5.60 Å². The minimum Gasteiger partial charge on any atom is -0.466 e. The molecule has 0 fully saturated rings. The average molecular weight is 299 g/mol. The molecular weight excluding hydrogens is 282 g/mol. The fourth-order valence-electron chi connectivity index (χ4n) is 2.40. The molecule has 1 atom stereocenters. The van der Waals surface area contributed by atoms with E-state index in [-0.39, 0.29) is 12.5 Å². The van der Waals surface area contributed by atoms with Gasteiger partial charge in [-0.3, -0.25) is 9.20 Å². The molecule has 0 saturated heterocycles. The third-order valence-electron chi connectivity index (χ3n) is 3.56. The molecule has 0 bridgehead atoms. The lowest BCUT2D eigenvalue weighted by atomic mass is 10.0. The number of rotatable bonds is 4. The van der Waals surface area contributed by atoms with E-state index in [1.54, 1.807) is 36.6 Å². The topological polar surface area (TPSA) is 79.8 Å². The number of carbonyl (C=O) groups is 1. The fraction of sp³-hybridized carbons (Fsp3) is 0.250. The van der Waals surface area contributed by atoms with E-state index in [4.69, 9.17) is 4.42 Å². The van der Waals surface area contributed by atoms with E-state index >= 15 is 0 Å². The summed E-state index contributed by atoms with van der Waals surface area (Å²) in [6.07, 6.45) is 3.27. The molecule has 0 radical (unpaired) electrons. The van der Waals surface area contributed by atoms with E-state index in [0.29, 0.717) is 22.8 Å². The van der Waals surface area contributed by atoms with Gasteiger partial charge in [0, 0.05) is 6.20 Å². The standard InChI is InChI=1S/C16H17N3O3/c1-11-14(19-8-4-3-7-13(19)18-11)15(20)17-10-16(2,21)12-6-5-9-22-12/h3-9,21H,10H2,1-2H3,(H,17,20). The number of carbonyl (C=O) groups excluding carboxylic acids is 1. The number of hydrogen-bond acceptors (Lipinski definition) is 4. The van der Waals surface area contributed by atoms with E-state index in [0.717, 1.165) is 0 Å². The molecule has 6 nitrogen and oxygen atoms in total. The Morgan fingerprint density at radius 1 is 1.41 bits per heavy atom. The molecule has 0 aromatic carbocycles. The van der Waals surface area contributed by atoms with Crippen molar-refractivity contribution in [2.75, 3.05) is 6.54 Å². The van der Waals surface area contributed by atoms with Crippen LogP contribution in [0.3, 0.4) is 0 Å². The van der Waals surface area contributed by atoms with Crippen LogP contribution < -0.4 is 5.32 Å². The van der Waals surface area contributed by atoms with E-state index in [1.807, 2.05) is 18.2 Å². The Labute approximate surface area is 127 Å². The molecule has 114 valence electrons. The van der Waals surface area contributed by atoms with Crippen LogP contribution in [0.4, 0.5) is 0 Å². The number of aliphatic hydroxyl groups is 1. The first-order valence-corrected chi connectivity index (χ1v) is 6.97. The Kier molecular flexibility index (Phi) is 3.46. The van der Waals surface area contributed by atoms with Gasteiger partial charge >= 0.3 is 0 Å². The van der Waals surface area contributed by atoms with Crippen LogP contribution in [0.5, 0.6) is 0 Å². The van der Waals surface area contributed by atoms with E-state index in [2.05, 4.69) is 10.3 Å². The normalized spacial score (nSPS) is 14.0. The van der Waals surface area contributed by atoms with Crippen LogP contribution in [0.2, 0.25) is 0 Å². The summed E-state index contributed by atoms with van der Waals surface area (Å²) in [4.78, 5) is 16.8. The Morgan fingerprint density at radius 3 is 2.95 bits per heavy atom. The highest BCUT2D eigenvalue weighted by molar-refractivity contribution is 5.94. The molecular formula is C16H17N3O3. The van der Waals surface area contributed by atoms with Crippen molar-refractivity contribution in [1.29, 1.82) is 0 Å². The second-order valence-corrected chi connectivity index (χ2v) is 5.41. The average Bonchev–Trinajstić information content (AvgIpc) is 3.12. The molecule has 0 aliphatic rings. The molecule has 22 heavy (non-hydrogen) atoms. The first-order valence-electron chi connectivity index (χ1n) is 6.97. The zero-order chi connectivity index (χ0) is 15.7. The van der Waals surface area contributed by atoms with Gasteiger partial charge < -0.3 is 14.8 Å². The summed E-state index contributed by atoms with van der Waals surface area (Å²) >= 11 is 0. The van der Waals surface area contributed by atoms with Gasteiger partial charge in [-0.1, -0.05) is 6.07 Å². The Hall–Kier alpha value is -2.60. The molecule has 1 unspecified atom stereocenters. The molecule has 3 aromatic rings. The van der Waals surface area contributed by atoms with Gasteiger partial charge in [0.1, 0.15) is 22.7 Å². The summed E-state index contributed by atoms with van der Waals surface area (Å²) in [5.41, 5.74) is 0.545. The molecule has 2 N–H and O–H groups in total. The summed E-state index contributed by atoms with van der Waals surface area (Å²) in [6, 6.07) is 8.91. The summed E-state index contributed by atoms with van der Waals surface area (Å²) in [5, 5.41) is 13.1. The van der Waals surface area contributed by atoms with Gasteiger partial charge in [-0.2, -0.15) is 0 Å². The van der Waals surface area contributed by atoms with Gasteiger partial charge in [0.25, 0.3) is 5.91 Å². The largest absolute Gasteiger partial charge is 0.466 e. The second kappa shape index (κ2) is 5.31. The summed E-state index contributed by atoms with van der Waals surface area (Å²) in [6.45, 7) is 3.42. The summed E-state index contributed by atoms with van der Waals surface area (Å²) in [5.74, 6) is 0.116. The van der Waals surface area contributed by atoms with Crippen molar-refractivity contribution in [1.82, 2.24) is 14.7 Å².